The number of hydrogen-bond donors (Lipinski definition) is 1. The first-order valence-electron chi connectivity index (χ1n) is 11.6. The van der Waals surface area contributed by atoms with Crippen molar-refractivity contribution in [2.24, 2.45) is 0 Å². The molecule has 0 aliphatic carbocycles. The Bertz CT molecular complexity index is 1490. The maximum absolute atomic E-state index is 13.2. The molecular weight excluding hydrogens is 454 g/mol. The number of Topliss-reactive ketones (excluding diaryl/α,β-unsaturated/α-hetero) is 1. The summed E-state index contributed by atoms with van der Waals surface area (Å²) in [6.45, 7) is 0.760. The van der Waals surface area contributed by atoms with E-state index in [1.807, 2.05) is 67.6 Å². The summed E-state index contributed by atoms with van der Waals surface area (Å²) < 4.78 is 7.18. The monoisotopic (exact) mass is 481 g/mol. The Labute approximate surface area is 208 Å². The summed E-state index contributed by atoms with van der Waals surface area (Å²) in [7, 11) is 5.66. The van der Waals surface area contributed by atoms with Crippen LogP contribution in [-0.2, 0) is 6.42 Å². The third-order valence-electron chi connectivity index (χ3n) is 6.06. The van der Waals surface area contributed by atoms with E-state index in [4.69, 9.17) is 4.74 Å². The quantitative estimate of drug-likeness (QED) is 0.320. The molecule has 0 amide bonds. The van der Waals surface area contributed by atoms with Crippen molar-refractivity contribution in [2.75, 3.05) is 27.7 Å². The Hall–Kier alpha value is -4.37. The van der Waals surface area contributed by atoms with Gasteiger partial charge in [-0.05, 0) is 55.1 Å². The number of nitrogens with one attached hydrogen (secondary N) is 1. The zero-order valence-corrected chi connectivity index (χ0v) is 20.4. The fourth-order valence-electron chi connectivity index (χ4n) is 4.27. The highest BCUT2D eigenvalue weighted by Crippen LogP contribution is 2.27. The Balaban J connectivity index is 1.36. The lowest BCUT2D eigenvalue weighted by atomic mass is 10.0. The lowest BCUT2D eigenvalue weighted by molar-refractivity contribution is 0.0989. The predicted molar refractivity (Wildman–Crippen MR) is 137 cm³/mol. The standard InChI is InChI=1S/C27H27N7O2/c1-33(2)17-25(20-5-4-8-28-13-20)34-16-18(12-30-34)9-26(35)27-23-7-6-19(11-24(23)31-32-27)21-10-22(36-3)15-29-14-21/h4-8,10-16,25H,9,17H2,1-3H3,(H,31,32). The molecule has 1 atom stereocenters. The van der Waals surface area contributed by atoms with Gasteiger partial charge < -0.3 is 9.64 Å². The van der Waals surface area contributed by atoms with Crippen LogP contribution >= 0.6 is 0 Å². The van der Waals surface area contributed by atoms with E-state index in [2.05, 4.69) is 30.2 Å². The van der Waals surface area contributed by atoms with Crippen molar-refractivity contribution in [1.82, 2.24) is 34.8 Å². The number of carbonyl (C=O) groups is 1. The minimum atomic E-state index is -0.0675. The highest BCUT2D eigenvalue weighted by molar-refractivity contribution is 6.07. The van der Waals surface area contributed by atoms with Crippen LogP contribution in [0.3, 0.4) is 0 Å². The van der Waals surface area contributed by atoms with Crippen LogP contribution in [0, 0.1) is 0 Å². The molecule has 5 rings (SSSR count). The molecule has 0 aliphatic rings. The molecule has 0 saturated heterocycles. The van der Waals surface area contributed by atoms with E-state index in [1.165, 1.54) is 0 Å². The molecule has 9 heteroatoms. The molecule has 4 aromatic heterocycles. The van der Waals surface area contributed by atoms with Crippen LogP contribution in [0.25, 0.3) is 22.0 Å². The van der Waals surface area contributed by atoms with Gasteiger partial charge in [-0.2, -0.15) is 10.2 Å². The van der Waals surface area contributed by atoms with E-state index < -0.39 is 0 Å². The zero-order chi connectivity index (χ0) is 25.1. The van der Waals surface area contributed by atoms with E-state index in [9.17, 15) is 4.79 Å². The normalized spacial score (nSPS) is 12.2. The largest absolute Gasteiger partial charge is 0.495 e. The number of hydrogen-bond acceptors (Lipinski definition) is 7. The van der Waals surface area contributed by atoms with Crippen molar-refractivity contribution in [3.05, 3.63) is 90.4 Å². The van der Waals surface area contributed by atoms with E-state index in [0.29, 0.717) is 11.4 Å². The van der Waals surface area contributed by atoms with Crippen LogP contribution in [0.1, 0.15) is 27.7 Å². The number of H-pyrrole nitrogens is 1. The molecule has 182 valence electrons. The summed E-state index contributed by atoms with van der Waals surface area (Å²) in [5.41, 5.74) is 4.99. The zero-order valence-electron chi connectivity index (χ0n) is 20.4. The van der Waals surface area contributed by atoms with Crippen LogP contribution < -0.4 is 4.74 Å². The number of aromatic nitrogens is 6. The highest BCUT2D eigenvalue weighted by Gasteiger charge is 2.19. The average molecular weight is 482 g/mol. The lowest BCUT2D eigenvalue weighted by Crippen LogP contribution is -2.25. The van der Waals surface area contributed by atoms with Crippen molar-refractivity contribution < 1.29 is 9.53 Å². The molecule has 9 nitrogen and oxygen atoms in total. The maximum Gasteiger partial charge on any atom is 0.188 e. The van der Waals surface area contributed by atoms with Crippen LogP contribution in [-0.4, -0.2) is 68.4 Å². The average Bonchev–Trinajstić information content (AvgIpc) is 3.54. The van der Waals surface area contributed by atoms with E-state index in [1.54, 1.807) is 31.9 Å². The lowest BCUT2D eigenvalue weighted by Gasteiger charge is -2.21. The van der Waals surface area contributed by atoms with Gasteiger partial charge in [0.05, 0.1) is 31.1 Å². The number of benzene rings is 1. The number of aromatic amines is 1. The first-order chi connectivity index (χ1) is 17.5. The third kappa shape index (κ3) is 4.87. The van der Waals surface area contributed by atoms with Gasteiger partial charge in [0.2, 0.25) is 0 Å². The van der Waals surface area contributed by atoms with Crippen molar-refractivity contribution in [3.63, 3.8) is 0 Å². The van der Waals surface area contributed by atoms with Crippen molar-refractivity contribution >= 4 is 16.7 Å². The Morgan fingerprint density at radius 1 is 1.08 bits per heavy atom. The summed E-state index contributed by atoms with van der Waals surface area (Å²) in [6, 6.07) is 11.7. The predicted octanol–water partition coefficient (Wildman–Crippen LogP) is 3.80. The molecule has 0 saturated carbocycles. The summed E-state index contributed by atoms with van der Waals surface area (Å²) in [5, 5.41) is 12.7. The number of carbonyl (C=O) groups excluding carboxylic acids is 1. The van der Waals surface area contributed by atoms with E-state index in [0.717, 1.165) is 39.7 Å². The minimum absolute atomic E-state index is 0.00622. The first kappa shape index (κ1) is 23.4. The maximum atomic E-state index is 13.2. The van der Waals surface area contributed by atoms with Gasteiger partial charge in [0.15, 0.2) is 5.78 Å². The van der Waals surface area contributed by atoms with Gasteiger partial charge in [0, 0.05) is 48.7 Å². The number of likely N-dealkylation sites (N-methyl/N-ethyl adjacent to an activating group) is 1. The number of pyridine rings is 2. The smallest absolute Gasteiger partial charge is 0.188 e. The molecule has 0 bridgehead atoms. The van der Waals surface area contributed by atoms with Gasteiger partial charge >= 0.3 is 0 Å². The van der Waals surface area contributed by atoms with Crippen LogP contribution in [0.2, 0.25) is 0 Å². The Morgan fingerprint density at radius 3 is 2.75 bits per heavy atom. The molecule has 0 spiro atoms. The van der Waals surface area contributed by atoms with Crippen molar-refractivity contribution in [3.8, 4) is 16.9 Å². The molecule has 0 aliphatic heterocycles. The number of fused-ring (bicyclic) bond motifs is 1. The van der Waals surface area contributed by atoms with Gasteiger partial charge in [-0.25, -0.2) is 0 Å². The summed E-state index contributed by atoms with van der Waals surface area (Å²) in [6.07, 6.45) is 10.9. The van der Waals surface area contributed by atoms with Crippen LogP contribution in [0.5, 0.6) is 5.75 Å². The fourth-order valence-corrected chi connectivity index (χ4v) is 4.27. The Kier molecular flexibility index (Phi) is 6.55. The molecule has 0 fully saturated rings. The van der Waals surface area contributed by atoms with Gasteiger partial charge in [0.1, 0.15) is 11.4 Å². The third-order valence-corrected chi connectivity index (χ3v) is 6.06. The summed E-state index contributed by atoms with van der Waals surface area (Å²) >= 11 is 0. The molecule has 0 radical (unpaired) electrons. The number of ether oxygens (including phenoxy) is 1. The first-order valence-corrected chi connectivity index (χ1v) is 11.6. The van der Waals surface area contributed by atoms with Gasteiger partial charge in [-0.15, -0.1) is 0 Å². The summed E-state index contributed by atoms with van der Waals surface area (Å²) in [5.74, 6) is 0.618. The minimum Gasteiger partial charge on any atom is -0.495 e. The molecule has 1 aromatic carbocycles. The van der Waals surface area contributed by atoms with Crippen molar-refractivity contribution in [2.45, 2.75) is 12.5 Å². The van der Waals surface area contributed by atoms with Gasteiger partial charge in [0.25, 0.3) is 0 Å². The fraction of sp³-hybridized carbons (Fsp3) is 0.222. The SMILES string of the molecule is COc1cncc(-c2ccc3c(C(=O)Cc4cnn(C(CN(C)C)c5cccnc5)c4)n[nH]c3c2)c1. The van der Waals surface area contributed by atoms with Crippen molar-refractivity contribution in [1.29, 1.82) is 0 Å². The van der Waals surface area contributed by atoms with E-state index in [-0.39, 0.29) is 18.2 Å². The number of nitrogens with zero attached hydrogens (tertiary/aromatic N) is 6. The van der Waals surface area contributed by atoms with Gasteiger partial charge in [-0.3, -0.25) is 24.5 Å². The number of rotatable bonds is 9. The van der Waals surface area contributed by atoms with Crippen LogP contribution in [0.15, 0.2) is 73.6 Å². The Morgan fingerprint density at radius 2 is 1.97 bits per heavy atom. The number of methoxy groups -OCH3 is 1. The van der Waals surface area contributed by atoms with Gasteiger partial charge in [-0.1, -0.05) is 12.1 Å². The second-order valence-corrected chi connectivity index (χ2v) is 8.94. The second-order valence-electron chi connectivity index (χ2n) is 8.94. The molecule has 36 heavy (non-hydrogen) atoms. The molecule has 5 aromatic rings. The number of ketones is 1. The molecule has 1 N–H and O–H groups in total. The topological polar surface area (TPSA) is 102 Å². The van der Waals surface area contributed by atoms with E-state index >= 15 is 0 Å². The molecule has 1 unspecified atom stereocenters. The van der Waals surface area contributed by atoms with Crippen LogP contribution in [0.4, 0.5) is 0 Å². The molecule has 4 heterocycles. The second kappa shape index (κ2) is 10.1. The summed E-state index contributed by atoms with van der Waals surface area (Å²) in [4.78, 5) is 23.8. The highest BCUT2D eigenvalue weighted by atomic mass is 16.5. The molecular formula is C27H27N7O2.